The molecule has 5 nitrogen and oxygen atoms in total. The van der Waals surface area contributed by atoms with Crippen molar-refractivity contribution < 1.29 is 0 Å². The fourth-order valence-corrected chi connectivity index (χ4v) is 7.23. The molecule has 0 N–H and O–H groups in total. The van der Waals surface area contributed by atoms with Gasteiger partial charge in [0, 0.05) is 37.9 Å². The van der Waals surface area contributed by atoms with Crippen molar-refractivity contribution in [1.82, 2.24) is 8.97 Å². The normalized spacial score (nSPS) is 12.2. The van der Waals surface area contributed by atoms with E-state index >= 15 is 0 Å². The van der Waals surface area contributed by atoms with E-state index in [1.54, 1.807) is 12.1 Å². The van der Waals surface area contributed by atoms with Gasteiger partial charge in [0.1, 0.15) is 0 Å². The first-order valence-electron chi connectivity index (χ1n) is 14.9. The van der Waals surface area contributed by atoms with Gasteiger partial charge in [0.2, 0.25) is 0 Å². The van der Waals surface area contributed by atoms with Crippen molar-refractivity contribution in [3.63, 3.8) is 0 Å². The lowest BCUT2D eigenvalue weighted by atomic mass is 9.92. The van der Waals surface area contributed by atoms with Crippen LogP contribution in [0.15, 0.2) is 148 Å². The van der Waals surface area contributed by atoms with E-state index in [0.29, 0.717) is 22.8 Å². The van der Waals surface area contributed by atoms with E-state index < -0.39 is 0 Å². The van der Waals surface area contributed by atoms with E-state index in [0.717, 1.165) is 48.8 Å². The van der Waals surface area contributed by atoms with Crippen LogP contribution in [0.2, 0.25) is 0 Å². The van der Waals surface area contributed by atoms with Crippen LogP contribution in [0.25, 0.3) is 70.6 Å². The fraction of sp³-hybridized carbons (Fsp3) is 0.0250. The van der Waals surface area contributed by atoms with Crippen LogP contribution in [0.3, 0.4) is 0 Å². The third-order valence-corrected chi connectivity index (χ3v) is 9.20. The number of pyridine rings is 3. The van der Waals surface area contributed by atoms with Crippen molar-refractivity contribution in [2.45, 2.75) is 6.54 Å². The summed E-state index contributed by atoms with van der Waals surface area (Å²) < 4.78 is 3.25. The summed E-state index contributed by atoms with van der Waals surface area (Å²) in [6, 6.07) is 43.4. The molecule has 212 valence electrons. The average Bonchev–Trinajstić information content (AvgIpc) is 3.10. The molecule has 0 amide bonds. The molecule has 10 rings (SSSR count). The van der Waals surface area contributed by atoms with E-state index in [4.69, 9.17) is 0 Å². The maximum absolute atomic E-state index is 12.9. The van der Waals surface area contributed by atoms with Gasteiger partial charge in [-0.2, -0.15) is 0 Å². The van der Waals surface area contributed by atoms with Crippen molar-refractivity contribution in [2.24, 2.45) is 0 Å². The largest absolute Gasteiger partial charge is 0.303 e. The molecule has 0 radical (unpaired) electrons. The van der Waals surface area contributed by atoms with Crippen LogP contribution in [0, 0.1) is 0 Å². The zero-order valence-corrected chi connectivity index (χ0v) is 24.0. The number of hydrogen-bond acceptors (Lipinski definition) is 3. The standard InChI is InChI=1S/C20H11NO2.C20H13NO/c22-19-16-8-3-1-6-12(16)14-10-5-11-15-13-7-2-4-9-17(13)20(23)21(19)18(14)15;22-20-18-9-4-3-8-15(18)17-11-5-10-16-14-7-2-1-6-13(14)12-21(20)19(16)17/h1-11H;1-11H,12H2. The molecule has 0 saturated heterocycles. The van der Waals surface area contributed by atoms with Gasteiger partial charge in [-0.05, 0) is 45.5 Å². The Morgan fingerprint density at radius 3 is 1.33 bits per heavy atom. The highest BCUT2D eigenvalue weighted by atomic mass is 16.2. The number of hydrogen-bond donors (Lipinski definition) is 0. The van der Waals surface area contributed by atoms with Gasteiger partial charge in [-0.3, -0.25) is 14.4 Å². The zero-order valence-electron chi connectivity index (χ0n) is 24.0. The average molecular weight is 581 g/mol. The van der Waals surface area contributed by atoms with Gasteiger partial charge in [0.15, 0.2) is 0 Å². The summed E-state index contributed by atoms with van der Waals surface area (Å²) in [6.07, 6.45) is 0. The van der Waals surface area contributed by atoms with Gasteiger partial charge in [-0.25, -0.2) is 4.40 Å². The topological polar surface area (TPSA) is 60.5 Å². The summed E-state index contributed by atoms with van der Waals surface area (Å²) in [4.78, 5) is 38.8. The Balaban J connectivity index is 0.000000125. The molecule has 0 spiro atoms. The Hall–Kier alpha value is -6.07. The predicted molar refractivity (Wildman–Crippen MR) is 184 cm³/mol. The molecule has 6 aromatic carbocycles. The predicted octanol–water partition coefficient (Wildman–Crippen LogP) is 7.74. The first-order chi connectivity index (χ1) is 22.1. The van der Waals surface area contributed by atoms with E-state index in [1.165, 1.54) is 15.5 Å². The second kappa shape index (κ2) is 9.46. The number of fused-ring (bicyclic) bond motifs is 8. The molecule has 1 aliphatic heterocycles. The molecular weight excluding hydrogens is 556 g/mol. The lowest BCUT2D eigenvalue weighted by Crippen LogP contribution is -2.27. The molecule has 0 atom stereocenters. The maximum Gasteiger partial charge on any atom is 0.266 e. The van der Waals surface area contributed by atoms with Gasteiger partial charge >= 0.3 is 0 Å². The second-order valence-corrected chi connectivity index (χ2v) is 11.5. The summed E-state index contributed by atoms with van der Waals surface area (Å²) in [5.74, 6) is 0. The minimum Gasteiger partial charge on any atom is -0.303 e. The Morgan fingerprint density at radius 2 is 0.756 bits per heavy atom. The molecule has 9 aromatic rings. The highest BCUT2D eigenvalue weighted by Gasteiger charge is 2.21. The third-order valence-electron chi connectivity index (χ3n) is 9.20. The number of nitrogens with zero attached hydrogens (tertiary/aromatic N) is 2. The summed E-state index contributed by atoms with van der Waals surface area (Å²) in [5, 5.41) is 7.78. The van der Waals surface area contributed by atoms with E-state index in [9.17, 15) is 14.4 Å². The molecule has 0 unspecified atom stereocenters. The highest BCUT2D eigenvalue weighted by molar-refractivity contribution is 6.17. The summed E-state index contributed by atoms with van der Waals surface area (Å²) >= 11 is 0. The summed E-state index contributed by atoms with van der Waals surface area (Å²) in [5.41, 5.74) is 4.97. The van der Waals surface area contributed by atoms with Crippen LogP contribution in [-0.2, 0) is 6.54 Å². The van der Waals surface area contributed by atoms with Crippen molar-refractivity contribution in [3.05, 3.63) is 170 Å². The highest BCUT2D eigenvalue weighted by Crippen LogP contribution is 2.37. The lowest BCUT2D eigenvalue weighted by Gasteiger charge is -2.23. The number of para-hydroxylation sites is 2. The van der Waals surface area contributed by atoms with Gasteiger partial charge in [-0.15, -0.1) is 0 Å². The van der Waals surface area contributed by atoms with Crippen molar-refractivity contribution in [2.75, 3.05) is 0 Å². The lowest BCUT2D eigenvalue weighted by molar-refractivity contribution is 0.795. The van der Waals surface area contributed by atoms with Crippen LogP contribution in [0.4, 0.5) is 0 Å². The molecule has 0 bridgehead atoms. The molecular formula is C40H24N2O3. The number of aromatic nitrogens is 2. The minimum absolute atomic E-state index is 0.102. The second-order valence-electron chi connectivity index (χ2n) is 11.5. The summed E-state index contributed by atoms with van der Waals surface area (Å²) in [6.45, 7) is 0.646. The smallest absolute Gasteiger partial charge is 0.266 e. The zero-order chi connectivity index (χ0) is 30.2. The monoisotopic (exact) mass is 580 g/mol. The molecule has 45 heavy (non-hydrogen) atoms. The van der Waals surface area contributed by atoms with E-state index in [-0.39, 0.29) is 16.7 Å². The molecule has 3 aromatic heterocycles. The van der Waals surface area contributed by atoms with Crippen molar-refractivity contribution >= 4 is 59.5 Å². The Morgan fingerprint density at radius 1 is 0.356 bits per heavy atom. The summed E-state index contributed by atoms with van der Waals surface area (Å²) in [7, 11) is 0. The third kappa shape index (κ3) is 3.52. The number of benzene rings is 6. The van der Waals surface area contributed by atoms with Crippen LogP contribution in [-0.4, -0.2) is 8.97 Å². The van der Waals surface area contributed by atoms with Crippen molar-refractivity contribution in [3.8, 4) is 11.1 Å². The SMILES string of the molecule is O=c1c2ccccc2c2cccc3c2n1Cc1ccccc1-3.O=c1c2ccccc2c2cccc3c4ccccc4c(=O)n1c23. The molecule has 5 heteroatoms. The van der Waals surface area contributed by atoms with Crippen LogP contribution in [0.1, 0.15) is 5.56 Å². The van der Waals surface area contributed by atoms with Gasteiger partial charge in [0.25, 0.3) is 16.7 Å². The Labute approximate surface area is 255 Å². The van der Waals surface area contributed by atoms with Crippen molar-refractivity contribution in [1.29, 1.82) is 0 Å². The van der Waals surface area contributed by atoms with Gasteiger partial charge in [-0.1, -0.05) is 115 Å². The fourth-order valence-electron chi connectivity index (χ4n) is 7.23. The molecule has 0 fully saturated rings. The van der Waals surface area contributed by atoms with E-state index in [1.807, 2.05) is 89.5 Å². The number of rotatable bonds is 0. The quantitative estimate of drug-likeness (QED) is 0.136. The first-order valence-corrected chi connectivity index (χ1v) is 14.9. The van der Waals surface area contributed by atoms with Crippen LogP contribution < -0.4 is 16.7 Å². The van der Waals surface area contributed by atoms with Gasteiger partial charge < -0.3 is 4.57 Å². The molecule has 1 aliphatic rings. The maximum atomic E-state index is 12.9. The van der Waals surface area contributed by atoms with E-state index in [2.05, 4.69) is 36.4 Å². The van der Waals surface area contributed by atoms with Crippen LogP contribution in [0.5, 0.6) is 0 Å². The Kier molecular flexibility index (Phi) is 5.35. The first kappa shape index (κ1) is 25.4. The minimum atomic E-state index is -0.250. The molecule has 0 aliphatic carbocycles. The molecule has 0 saturated carbocycles. The Bertz CT molecular complexity index is 2770. The molecule has 4 heterocycles. The van der Waals surface area contributed by atoms with Gasteiger partial charge in [0.05, 0.1) is 17.6 Å². The van der Waals surface area contributed by atoms with Crippen LogP contribution >= 0.6 is 0 Å².